The lowest BCUT2D eigenvalue weighted by atomic mass is 9.90. The number of aliphatic carboxylic acids is 1. The number of hydrogen-bond donors (Lipinski definition) is 2. The number of carbonyl (C=O) groups excluding carboxylic acids is 1. The fourth-order valence-corrected chi connectivity index (χ4v) is 2.38. The molecule has 0 atom stereocenters. The Morgan fingerprint density at radius 1 is 1.04 bits per heavy atom. The van der Waals surface area contributed by atoms with E-state index < -0.39 is 29.8 Å². The quantitative estimate of drug-likeness (QED) is 0.629. The molecule has 0 radical (unpaired) electrons. The van der Waals surface area contributed by atoms with Crippen molar-refractivity contribution in [3.63, 3.8) is 0 Å². The zero-order valence-corrected chi connectivity index (χ0v) is 12.3. The van der Waals surface area contributed by atoms with E-state index in [-0.39, 0.29) is 19.7 Å². The predicted molar refractivity (Wildman–Crippen MR) is 67.1 cm³/mol. The zero-order chi connectivity index (χ0) is 18.6. The standard InChI is InChI=1S/C10H15F3N2O2.C2HF3O2/c11-10(12,13)8(16)15-5-6-17-9(7-15)1-3-14-4-2-9;3-2(4,5)1(6)7/h14H,1-7H2;(H,6,7). The lowest BCUT2D eigenvalue weighted by Crippen LogP contribution is -2.59. The molecular formula is C12H16F6N2O4. The zero-order valence-electron chi connectivity index (χ0n) is 12.3. The van der Waals surface area contributed by atoms with Crippen LogP contribution in [0.2, 0.25) is 0 Å². The van der Waals surface area contributed by atoms with Crippen LogP contribution in [0.1, 0.15) is 12.8 Å². The first-order valence-electron chi connectivity index (χ1n) is 6.88. The van der Waals surface area contributed by atoms with E-state index in [1.807, 2.05) is 0 Å². The molecule has 2 heterocycles. The van der Waals surface area contributed by atoms with Gasteiger partial charge in [0.2, 0.25) is 0 Å². The molecule has 1 spiro atoms. The van der Waals surface area contributed by atoms with Crippen LogP contribution in [0.5, 0.6) is 0 Å². The third-order valence-corrected chi connectivity index (χ3v) is 3.54. The van der Waals surface area contributed by atoms with Gasteiger partial charge < -0.3 is 20.1 Å². The van der Waals surface area contributed by atoms with Gasteiger partial charge in [-0.25, -0.2) is 4.79 Å². The number of nitrogens with one attached hydrogen (secondary N) is 1. The van der Waals surface area contributed by atoms with Crippen molar-refractivity contribution in [2.45, 2.75) is 30.8 Å². The molecule has 0 aliphatic carbocycles. The third kappa shape index (κ3) is 5.82. The molecule has 6 nitrogen and oxygen atoms in total. The lowest BCUT2D eigenvalue weighted by Gasteiger charge is -2.45. The summed E-state index contributed by atoms with van der Waals surface area (Å²) in [5.41, 5.74) is -0.579. The highest BCUT2D eigenvalue weighted by Crippen LogP contribution is 2.29. The van der Waals surface area contributed by atoms with Gasteiger partial charge in [-0.15, -0.1) is 0 Å². The molecule has 12 heteroatoms. The van der Waals surface area contributed by atoms with E-state index in [2.05, 4.69) is 5.32 Å². The fourth-order valence-electron chi connectivity index (χ4n) is 2.38. The molecule has 0 aromatic heterocycles. The Labute approximate surface area is 132 Å². The summed E-state index contributed by atoms with van der Waals surface area (Å²) < 4.78 is 74.4. The molecule has 2 aliphatic rings. The van der Waals surface area contributed by atoms with Crippen LogP contribution in [0.25, 0.3) is 0 Å². The van der Waals surface area contributed by atoms with Gasteiger partial charge >= 0.3 is 24.2 Å². The Morgan fingerprint density at radius 3 is 1.96 bits per heavy atom. The molecule has 140 valence electrons. The number of carboxylic acid groups (broad SMARTS) is 1. The molecule has 0 saturated carbocycles. The first-order chi connectivity index (χ1) is 10.9. The smallest absolute Gasteiger partial charge is 0.475 e. The molecule has 2 aliphatic heterocycles. The van der Waals surface area contributed by atoms with Gasteiger partial charge in [0.1, 0.15) is 0 Å². The number of hydrogen-bond acceptors (Lipinski definition) is 4. The topological polar surface area (TPSA) is 78.9 Å². The second kappa shape index (κ2) is 7.55. The number of piperidine rings is 1. The Bertz CT molecular complexity index is 454. The maximum atomic E-state index is 12.3. The first kappa shape index (κ1) is 20.5. The van der Waals surface area contributed by atoms with Crippen LogP contribution in [0.4, 0.5) is 26.3 Å². The maximum Gasteiger partial charge on any atom is 0.490 e. The summed E-state index contributed by atoms with van der Waals surface area (Å²) in [6, 6.07) is 0. The van der Waals surface area contributed by atoms with Crippen LogP contribution in [0.3, 0.4) is 0 Å². The summed E-state index contributed by atoms with van der Waals surface area (Å²) in [5.74, 6) is -4.51. The Hall–Kier alpha value is -1.56. The van der Waals surface area contributed by atoms with E-state index in [4.69, 9.17) is 14.6 Å². The number of alkyl halides is 6. The molecule has 2 fully saturated rings. The SMILES string of the molecule is O=C(N1CCOC2(CCNCC2)C1)C(F)(F)F.O=C(O)C(F)(F)F. The summed E-state index contributed by atoms with van der Waals surface area (Å²) >= 11 is 0. The third-order valence-electron chi connectivity index (χ3n) is 3.54. The van der Waals surface area contributed by atoms with E-state index in [0.717, 1.165) is 4.90 Å². The second-order valence-corrected chi connectivity index (χ2v) is 5.31. The van der Waals surface area contributed by atoms with Gasteiger partial charge in [-0.3, -0.25) is 4.79 Å². The van der Waals surface area contributed by atoms with Crippen LogP contribution in [0.15, 0.2) is 0 Å². The number of nitrogens with zero attached hydrogens (tertiary/aromatic N) is 1. The molecule has 2 saturated heterocycles. The van der Waals surface area contributed by atoms with Crippen molar-refractivity contribution < 1.29 is 45.8 Å². The van der Waals surface area contributed by atoms with Crippen LogP contribution in [0, 0.1) is 0 Å². The van der Waals surface area contributed by atoms with E-state index in [1.54, 1.807) is 0 Å². The highest BCUT2D eigenvalue weighted by molar-refractivity contribution is 5.82. The molecule has 24 heavy (non-hydrogen) atoms. The normalized spacial score (nSPS) is 21.0. The predicted octanol–water partition coefficient (Wildman–Crippen LogP) is 1.16. The van der Waals surface area contributed by atoms with Crippen molar-refractivity contribution in [1.29, 1.82) is 0 Å². The van der Waals surface area contributed by atoms with Crippen molar-refractivity contribution in [2.75, 3.05) is 32.8 Å². The number of morpholine rings is 1. The van der Waals surface area contributed by atoms with Crippen molar-refractivity contribution >= 4 is 11.9 Å². The molecule has 0 bridgehead atoms. The van der Waals surface area contributed by atoms with Crippen LogP contribution >= 0.6 is 0 Å². The lowest BCUT2D eigenvalue weighted by molar-refractivity contribution is -0.198. The number of amides is 1. The number of carboxylic acids is 1. The number of ether oxygens (including phenoxy) is 1. The highest BCUT2D eigenvalue weighted by Gasteiger charge is 2.47. The van der Waals surface area contributed by atoms with Crippen LogP contribution in [-0.4, -0.2) is 72.6 Å². The van der Waals surface area contributed by atoms with Crippen molar-refractivity contribution in [2.24, 2.45) is 0 Å². The minimum atomic E-state index is -5.08. The number of rotatable bonds is 0. The molecule has 2 rings (SSSR count). The minimum Gasteiger partial charge on any atom is -0.475 e. The molecule has 0 aromatic rings. The Morgan fingerprint density at radius 2 is 1.54 bits per heavy atom. The van der Waals surface area contributed by atoms with E-state index in [0.29, 0.717) is 25.9 Å². The number of halogens is 6. The van der Waals surface area contributed by atoms with Crippen LogP contribution < -0.4 is 5.32 Å². The summed E-state index contributed by atoms with van der Waals surface area (Å²) in [6.07, 6.45) is -8.57. The van der Waals surface area contributed by atoms with E-state index in [1.165, 1.54) is 0 Å². The van der Waals surface area contributed by atoms with Gasteiger partial charge in [0.15, 0.2) is 0 Å². The van der Waals surface area contributed by atoms with Gasteiger partial charge in [-0.1, -0.05) is 0 Å². The summed E-state index contributed by atoms with van der Waals surface area (Å²) in [7, 11) is 0. The van der Waals surface area contributed by atoms with Gasteiger partial charge in [0, 0.05) is 6.54 Å². The Kier molecular flexibility index (Phi) is 6.45. The van der Waals surface area contributed by atoms with Gasteiger partial charge in [0.05, 0.1) is 18.8 Å². The van der Waals surface area contributed by atoms with Crippen LogP contribution in [-0.2, 0) is 14.3 Å². The van der Waals surface area contributed by atoms with E-state index in [9.17, 15) is 31.1 Å². The Balaban J connectivity index is 0.000000351. The van der Waals surface area contributed by atoms with Gasteiger partial charge in [-0.05, 0) is 25.9 Å². The number of carbonyl (C=O) groups is 2. The summed E-state index contributed by atoms with van der Waals surface area (Å²) in [4.78, 5) is 20.9. The van der Waals surface area contributed by atoms with Crippen molar-refractivity contribution in [3.05, 3.63) is 0 Å². The monoisotopic (exact) mass is 366 g/mol. The molecule has 0 unspecified atom stereocenters. The molecular weight excluding hydrogens is 350 g/mol. The summed E-state index contributed by atoms with van der Waals surface area (Å²) in [5, 5.41) is 10.2. The second-order valence-electron chi connectivity index (χ2n) is 5.31. The summed E-state index contributed by atoms with van der Waals surface area (Å²) in [6.45, 7) is 1.68. The average molecular weight is 366 g/mol. The van der Waals surface area contributed by atoms with E-state index >= 15 is 0 Å². The first-order valence-corrected chi connectivity index (χ1v) is 6.88. The van der Waals surface area contributed by atoms with Crippen molar-refractivity contribution in [1.82, 2.24) is 10.2 Å². The van der Waals surface area contributed by atoms with Gasteiger partial charge in [-0.2, -0.15) is 26.3 Å². The maximum absolute atomic E-state index is 12.3. The molecule has 2 N–H and O–H groups in total. The van der Waals surface area contributed by atoms with Gasteiger partial charge in [0.25, 0.3) is 0 Å². The molecule has 1 amide bonds. The van der Waals surface area contributed by atoms with Crippen molar-refractivity contribution in [3.8, 4) is 0 Å². The minimum absolute atomic E-state index is 0.0214. The molecule has 0 aromatic carbocycles. The highest BCUT2D eigenvalue weighted by atomic mass is 19.4. The average Bonchev–Trinajstić information content (AvgIpc) is 2.46. The largest absolute Gasteiger partial charge is 0.490 e. The fraction of sp³-hybridized carbons (Fsp3) is 0.833.